The van der Waals surface area contributed by atoms with Crippen LogP contribution in [0.15, 0.2) is 47.3 Å². The molecule has 0 bridgehead atoms. The Hall–Kier alpha value is -3.62. The van der Waals surface area contributed by atoms with Gasteiger partial charge in [-0.1, -0.05) is 17.3 Å². The van der Waals surface area contributed by atoms with Crippen molar-refractivity contribution < 1.29 is 14.3 Å². The first-order valence-electron chi connectivity index (χ1n) is 7.97. The van der Waals surface area contributed by atoms with Gasteiger partial charge in [0.1, 0.15) is 12.1 Å². The fraction of sp³-hybridized carbons (Fsp3) is 0.176. The molecular weight excluding hydrogens is 338 g/mol. The van der Waals surface area contributed by atoms with Crippen LogP contribution in [0.1, 0.15) is 0 Å². The van der Waals surface area contributed by atoms with Crippen LogP contribution in [0, 0.1) is 0 Å². The van der Waals surface area contributed by atoms with Gasteiger partial charge < -0.3 is 20.1 Å². The van der Waals surface area contributed by atoms with Gasteiger partial charge in [-0.15, -0.1) is 5.10 Å². The quantitative estimate of drug-likeness (QED) is 0.653. The summed E-state index contributed by atoms with van der Waals surface area (Å²) in [7, 11) is 0. The monoisotopic (exact) mass is 353 g/mol. The SMILES string of the molecule is O=C(NC[C@@H]1COc2ccccc2O1)Nc1ccc2nn[nH]c(=O)c2c1. The van der Waals surface area contributed by atoms with Crippen molar-refractivity contribution in [3.05, 3.63) is 52.8 Å². The molecule has 0 saturated heterocycles. The van der Waals surface area contributed by atoms with Crippen molar-refractivity contribution >= 4 is 22.6 Å². The first-order valence-corrected chi connectivity index (χ1v) is 7.97. The van der Waals surface area contributed by atoms with Crippen LogP contribution in [-0.2, 0) is 0 Å². The molecule has 4 rings (SSSR count). The number of urea groups is 1. The first kappa shape index (κ1) is 15.9. The zero-order chi connectivity index (χ0) is 17.9. The lowest BCUT2D eigenvalue weighted by Crippen LogP contribution is -2.42. The van der Waals surface area contributed by atoms with E-state index in [9.17, 15) is 9.59 Å². The van der Waals surface area contributed by atoms with Gasteiger partial charge in [0.25, 0.3) is 5.56 Å². The zero-order valence-electron chi connectivity index (χ0n) is 13.6. The second-order valence-corrected chi connectivity index (χ2v) is 5.71. The highest BCUT2D eigenvalue weighted by molar-refractivity contribution is 5.92. The maximum atomic E-state index is 12.1. The summed E-state index contributed by atoms with van der Waals surface area (Å²) in [5, 5.41) is 15.3. The van der Waals surface area contributed by atoms with E-state index in [0.717, 1.165) is 0 Å². The average molecular weight is 353 g/mol. The Morgan fingerprint density at radius 1 is 1.23 bits per heavy atom. The molecule has 0 fully saturated rings. The molecule has 1 atom stereocenters. The van der Waals surface area contributed by atoms with Crippen LogP contribution in [0.4, 0.5) is 10.5 Å². The zero-order valence-corrected chi connectivity index (χ0v) is 13.6. The largest absolute Gasteiger partial charge is 0.486 e. The van der Waals surface area contributed by atoms with Gasteiger partial charge in [-0.3, -0.25) is 4.79 Å². The van der Waals surface area contributed by atoms with Gasteiger partial charge in [-0.05, 0) is 30.3 Å². The number of rotatable bonds is 3. The summed E-state index contributed by atoms with van der Waals surface area (Å²) in [5.41, 5.74) is 0.552. The van der Waals surface area contributed by atoms with Crippen LogP contribution in [0.2, 0.25) is 0 Å². The van der Waals surface area contributed by atoms with Gasteiger partial charge in [-0.25, -0.2) is 9.89 Å². The van der Waals surface area contributed by atoms with Crippen LogP contribution in [0.5, 0.6) is 11.5 Å². The number of benzene rings is 2. The van der Waals surface area contributed by atoms with Crippen molar-refractivity contribution in [3.8, 4) is 11.5 Å². The van der Waals surface area contributed by atoms with E-state index in [1.807, 2.05) is 24.3 Å². The fourth-order valence-electron chi connectivity index (χ4n) is 2.61. The van der Waals surface area contributed by atoms with E-state index >= 15 is 0 Å². The van der Waals surface area contributed by atoms with E-state index in [-0.39, 0.29) is 18.2 Å². The summed E-state index contributed by atoms with van der Waals surface area (Å²) in [6, 6.07) is 11.8. The molecule has 2 aromatic carbocycles. The molecule has 9 nitrogen and oxygen atoms in total. The van der Waals surface area contributed by atoms with E-state index in [2.05, 4.69) is 26.0 Å². The highest BCUT2D eigenvalue weighted by atomic mass is 16.6. The Labute approximate surface area is 147 Å². The highest BCUT2D eigenvalue weighted by Crippen LogP contribution is 2.30. The lowest BCUT2D eigenvalue weighted by atomic mass is 10.2. The number of aromatic nitrogens is 3. The molecule has 0 radical (unpaired) electrons. The Kier molecular flexibility index (Phi) is 4.10. The van der Waals surface area contributed by atoms with Crippen LogP contribution < -0.4 is 25.7 Å². The lowest BCUT2D eigenvalue weighted by Gasteiger charge is -2.26. The number of ether oxygens (including phenoxy) is 2. The molecule has 3 aromatic rings. The topological polar surface area (TPSA) is 118 Å². The Balaban J connectivity index is 1.36. The van der Waals surface area contributed by atoms with Crippen molar-refractivity contribution in [1.29, 1.82) is 0 Å². The summed E-state index contributed by atoms with van der Waals surface area (Å²) in [6.07, 6.45) is -0.287. The smallest absolute Gasteiger partial charge is 0.319 e. The third-order valence-electron chi connectivity index (χ3n) is 3.87. The number of carbonyl (C=O) groups excluding carboxylic acids is 1. The molecule has 1 aliphatic heterocycles. The molecule has 1 aromatic heterocycles. The Morgan fingerprint density at radius 3 is 2.96 bits per heavy atom. The molecule has 2 heterocycles. The molecule has 0 saturated carbocycles. The van der Waals surface area contributed by atoms with E-state index < -0.39 is 6.03 Å². The highest BCUT2D eigenvalue weighted by Gasteiger charge is 2.21. The van der Waals surface area contributed by atoms with Gasteiger partial charge in [-0.2, -0.15) is 0 Å². The van der Waals surface area contributed by atoms with Gasteiger partial charge in [0.15, 0.2) is 17.6 Å². The average Bonchev–Trinajstić information content (AvgIpc) is 2.67. The van der Waals surface area contributed by atoms with Crippen LogP contribution in [-0.4, -0.2) is 40.7 Å². The Morgan fingerprint density at radius 2 is 2.08 bits per heavy atom. The normalized spacial score (nSPS) is 15.5. The number of amides is 2. The van der Waals surface area contributed by atoms with Crippen LogP contribution >= 0.6 is 0 Å². The number of fused-ring (bicyclic) bond motifs is 2. The fourth-order valence-corrected chi connectivity index (χ4v) is 2.61. The summed E-state index contributed by atoms with van der Waals surface area (Å²) in [4.78, 5) is 23.8. The number of para-hydroxylation sites is 2. The molecule has 0 unspecified atom stereocenters. The standard InChI is InChI=1S/C17H15N5O4/c23-16-12-7-10(5-6-13(12)20-22-21-16)19-17(24)18-8-11-9-25-14-3-1-2-4-15(14)26-11/h1-7,11H,8-9H2,(H2,18,19,24)(H,20,21,23)/t11-/m1/s1. The molecule has 9 heteroatoms. The van der Waals surface area contributed by atoms with Crippen molar-refractivity contribution in [3.63, 3.8) is 0 Å². The molecule has 0 aliphatic carbocycles. The van der Waals surface area contributed by atoms with Crippen molar-refractivity contribution in [2.45, 2.75) is 6.10 Å². The number of nitrogens with one attached hydrogen (secondary N) is 3. The van der Waals surface area contributed by atoms with Gasteiger partial charge in [0.05, 0.1) is 11.9 Å². The number of hydrogen-bond donors (Lipinski definition) is 3. The van der Waals surface area contributed by atoms with Crippen molar-refractivity contribution in [2.24, 2.45) is 0 Å². The second kappa shape index (κ2) is 6.71. The third-order valence-corrected chi connectivity index (χ3v) is 3.87. The number of aromatic amines is 1. The number of carbonyl (C=O) groups is 1. The summed E-state index contributed by atoms with van der Waals surface area (Å²) in [6.45, 7) is 0.626. The predicted molar refractivity (Wildman–Crippen MR) is 93.5 cm³/mol. The van der Waals surface area contributed by atoms with Crippen LogP contribution in [0.25, 0.3) is 10.9 Å². The van der Waals surface area contributed by atoms with Crippen molar-refractivity contribution in [1.82, 2.24) is 20.7 Å². The molecule has 0 spiro atoms. The van der Waals surface area contributed by atoms with E-state index in [1.54, 1.807) is 18.2 Å². The summed E-state index contributed by atoms with van der Waals surface area (Å²) in [5.74, 6) is 1.35. The molecule has 132 valence electrons. The number of nitrogens with zero attached hydrogens (tertiary/aromatic N) is 2. The maximum Gasteiger partial charge on any atom is 0.319 e. The molecule has 3 N–H and O–H groups in total. The number of anilines is 1. The lowest BCUT2D eigenvalue weighted by molar-refractivity contribution is 0.0922. The maximum absolute atomic E-state index is 12.1. The summed E-state index contributed by atoms with van der Waals surface area (Å²) < 4.78 is 11.4. The minimum atomic E-state index is -0.412. The first-order chi connectivity index (χ1) is 12.7. The minimum Gasteiger partial charge on any atom is -0.486 e. The van der Waals surface area contributed by atoms with E-state index in [1.165, 1.54) is 0 Å². The number of H-pyrrole nitrogens is 1. The third kappa shape index (κ3) is 3.27. The molecule has 1 aliphatic rings. The Bertz CT molecular complexity index is 1020. The predicted octanol–water partition coefficient (Wildman–Crippen LogP) is 1.28. The minimum absolute atomic E-state index is 0.278. The molecular formula is C17H15N5O4. The van der Waals surface area contributed by atoms with Crippen LogP contribution in [0.3, 0.4) is 0 Å². The molecule has 26 heavy (non-hydrogen) atoms. The van der Waals surface area contributed by atoms with Crippen molar-refractivity contribution in [2.75, 3.05) is 18.5 Å². The van der Waals surface area contributed by atoms with E-state index in [4.69, 9.17) is 9.47 Å². The molecule has 2 amide bonds. The summed E-state index contributed by atoms with van der Waals surface area (Å²) >= 11 is 0. The van der Waals surface area contributed by atoms with Gasteiger partial charge in [0, 0.05) is 5.69 Å². The van der Waals surface area contributed by atoms with Gasteiger partial charge >= 0.3 is 6.03 Å². The number of hydrogen-bond acceptors (Lipinski definition) is 6. The van der Waals surface area contributed by atoms with E-state index in [0.29, 0.717) is 34.7 Å². The van der Waals surface area contributed by atoms with Gasteiger partial charge in [0.2, 0.25) is 0 Å². The second-order valence-electron chi connectivity index (χ2n) is 5.71.